The molecule has 0 bridgehead atoms. The van der Waals surface area contributed by atoms with Crippen molar-refractivity contribution in [3.63, 3.8) is 0 Å². The van der Waals surface area contributed by atoms with Crippen molar-refractivity contribution in [1.82, 2.24) is 4.90 Å². The van der Waals surface area contributed by atoms with E-state index in [2.05, 4.69) is 22.3 Å². The Morgan fingerprint density at radius 3 is 2.19 bits per heavy atom. The largest absolute Gasteiger partial charge is 0.368 e. The minimum Gasteiger partial charge on any atom is -0.368 e. The zero-order valence-electron chi connectivity index (χ0n) is 15.1. The van der Waals surface area contributed by atoms with Crippen LogP contribution in [0.4, 0.5) is 11.4 Å². The van der Waals surface area contributed by atoms with Crippen molar-refractivity contribution in [2.24, 2.45) is 0 Å². The molecule has 0 saturated carbocycles. The highest BCUT2D eigenvalue weighted by Gasteiger charge is 2.22. The van der Waals surface area contributed by atoms with Crippen LogP contribution in [-0.4, -0.2) is 42.9 Å². The van der Waals surface area contributed by atoms with Gasteiger partial charge in [-0.1, -0.05) is 25.1 Å². The van der Waals surface area contributed by atoms with Crippen molar-refractivity contribution < 1.29 is 9.59 Å². The number of amides is 2. The van der Waals surface area contributed by atoms with E-state index in [0.29, 0.717) is 25.1 Å². The fourth-order valence-corrected chi connectivity index (χ4v) is 3.14. The number of hydrogen-bond acceptors (Lipinski definition) is 3. The molecule has 0 aliphatic carbocycles. The highest BCUT2D eigenvalue weighted by Crippen LogP contribution is 2.18. The van der Waals surface area contributed by atoms with E-state index in [9.17, 15) is 9.59 Å². The summed E-state index contributed by atoms with van der Waals surface area (Å²) in [6, 6.07) is 17.4. The lowest BCUT2D eigenvalue weighted by atomic mass is 10.1. The molecule has 0 radical (unpaired) electrons. The molecule has 1 heterocycles. The van der Waals surface area contributed by atoms with Crippen molar-refractivity contribution in [3.05, 3.63) is 60.2 Å². The summed E-state index contributed by atoms with van der Waals surface area (Å²) in [5.74, 6) is 0.0488. The molecule has 2 aromatic carbocycles. The fraction of sp³-hybridized carbons (Fsp3) is 0.333. The van der Waals surface area contributed by atoms with Crippen LogP contribution < -0.4 is 10.2 Å². The lowest BCUT2D eigenvalue weighted by Gasteiger charge is -2.36. The Morgan fingerprint density at radius 2 is 1.58 bits per heavy atom. The van der Waals surface area contributed by atoms with Gasteiger partial charge in [-0.25, -0.2) is 0 Å². The van der Waals surface area contributed by atoms with Crippen LogP contribution >= 0.6 is 0 Å². The third-order valence-corrected chi connectivity index (χ3v) is 4.58. The first-order valence-corrected chi connectivity index (χ1v) is 9.16. The number of nitrogens with zero attached hydrogens (tertiary/aromatic N) is 2. The number of rotatable bonds is 5. The predicted molar refractivity (Wildman–Crippen MR) is 105 cm³/mol. The van der Waals surface area contributed by atoms with E-state index in [0.717, 1.165) is 25.2 Å². The number of benzene rings is 2. The first kappa shape index (κ1) is 18.0. The van der Waals surface area contributed by atoms with Gasteiger partial charge in [0.25, 0.3) is 5.91 Å². The first-order valence-electron chi connectivity index (χ1n) is 9.16. The smallest absolute Gasteiger partial charge is 0.253 e. The lowest BCUT2D eigenvalue weighted by Crippen LogP contribution is -2.48. The third kappa shape index (κ3) is 4.42. The summed E-state index contributed by atoms with van der Waals surface area (Å²) in [4.78, 5) is 28.5. The standard InChI is InChI=1S/C21H25N3O2/c1-2-6-20(25)22-18-11-9-17(10-12-18)21(26)24-15-13-23(14-16-24)19-7-4-3-5-8-19/h3-5,7-12H,2,6,13-16H2,1H3,(H,22,25). The minimum atomic E-state index is 0.00334. The molecule has 26 heavy (non-hydrogen) atoms. The number of para-hydroxylation sites is 1. The maximum Gasteiger partial charge on any atom is 0.253 e. The van der Waals surface area contributed by atoms with Crippen molar-refractivity contribution in [2.45, 2.75) is 19.8 Å². The number of nitrogens with one attached hydrogen (secondary N) is 1. The second kappa shape index (κ2) is 8.52. The normalized spacial score (nSPS) is 14.2. The Balaban J connectivity index is 1.56. The van der Waals surface area contributed by atoms with Crippen molar-refractivity contribution in [2.75, 3.05) is 36.4 Å². The van der Waals surface area contributed by atoms with Gasteiger partial charge in [0.15, 0.2) is 0 Å². The summed E-state index contributed by atoms with van der Waals surface area (Å²) >= 11 is 0. The van der Waals surface area contributed by atoms with Crippen LogP contribution in [0.15, 0.2) is 54.6 Å². The molecule has 136 valence electrons. The Bertz CT molecular complexity index is 736. The van der Waals surface area contributed by atoms with Crippen LogP contribution in [0.3, 0.4) is 0 Å². The van der Waals surface area contributed by atoms with Gasteiger partial charge >= 0.3 is 0 Å². The van der Waals surface area contributed by atoms with Crippen LogP contribution in [0.1, 0.15) is 30.1 Å². The highest BCUT2D eigenvalue weighted by atomic mass is 16.2. The quantitative estimate of drug-likeness (QED) is 0.898. The fourth-order valence-electron chi connectivity index (χ4n) is 3.14. The Kier molecular flexibility index (Phi) is 5.89. The molecule has 0 unspecified atom stereocenters. The molecule has 3 rings (SSSR count). The molecule has 0 aromatic heterocycles. The summed E-state index contributed by atoms with van der Waals surface area (Å²) in [6.07, 6.45) is 1.32. The van der Waals surface area contributed by atoms with Gasteiger partial charge in [0.1, 0.15) is 0 Å². The van der Waals surface area contributed by atoms with Gasteiger partial charge in [-0.15, -0.1) is 0 Å². The minimum absolute atomic E-state index is 0.00334. The van der Waals surface area contributed by atoms with Gasteiger partial charge in [0, 0.05) is 49.5 Å². The SMILES string of the molecule is CCCC(=O)Nc1ccc(C(=O)N2CCN(c3ccccc3)CC2)cc1. The second-order valence-corrected chi connectivity index (χ2v) is 6.49. The molecule has 2 aromatic rings. The number of hydrogen-bond donors (Lipinski definition) is 1. The summed E-state index contributed by atoms with van der Waals surface area (Å²) in [5, 5.41) is 2.84. The van der Waals surface area contributed by atoms with Gasteiger partial charge in [-0.05, 0) is 42.8 Å². The van der Waals surface area contributed by atoms with Crippen LogP contribution in [0, 0.1) is 0 Å². The summed E-state index contributed by atoms with van der Waals surface area (Å²) in [5.41, 5.74) is 2.59. The van der Waals surface area contributed by atoms with Crippen LogP contribution in [0.5, 0.6) is 0 Å². The molecule has 1 aliphatic rings. The van der Waals surface area contributed by atoms with E-state index in [1.54, 1.807) is 24.3 Å². The number of piperazine rings is 1. The van der Waals surface area contributed by atoms with Gasteiger partial charge < -0.3 is 15.1 Å². The molecular weight excluding hydrogens is 326 g/mol. The van der Waals surface area contributed by atoms with Crippen LogP contribution in [0.2, 0.25) is 0 Å². The maximum absolute atomic E-state index is 12.7. The molecule has 1 N–H and O–H groups in total. The molecule has 1 aliphatic heterocycles. The first-order chi connectivity index (χ1) is 12.7. The molecule has 1 saturated heterocycles. The molecule has 0 atom stereocenters. The van der Waals surface area contributed by atoms with E-state index < -0.39 is 0 Å². The zero-order chi connectivity index (χ0) is 18.4. The predicted octanol–water partition coefficient (Wildman–Crippen LogP) is 3.39. The third-order valence-electron chi connectivity index (χ3n) is 4.58. The van der Waals surface area contributed by atoms with Gasteiger partial charge in [-0.2, -0.15) is 0 Å². The topological polar surface area (TPSA) is 52.7 Å². The molecule has 0 spiro atoms. The molecule has 5 nitrogen and oxygen atoms in total. The van der Waals surface area contributed by atoms with Crippen molar-refractivity contribution in [3.8, 4) is 0 Å². The number of carbonyl (C=O) groups is 2. The Hall–Kier alpha value is -2.82. The second-order valence-electron chi connectivity index (χ2n) is 6.49. The van der Waals surface area contributed by atoms with Crippen LogP contribution in [0.25, 0.3) is 0 Å². The van der Waals surface area contributed by atoms with Gasteiger partial charge in [-0.3, -0.25) is 9.59 Å². The van der Waals surface area contributed by atoms with Gasteiger partial charge in [0.2, 0.25) is 5.91 Å². The molecule has 2 amide bonds. The van der Waals surface area contributed by atoms with Gasteiger partial charge in [0.05, 0.1) is 0 Å². The van der Waals surface area contributed by atoms with E-state index >= 15 is 0 Å². The number of carbonyl (C=O) groups excluding carboxylic acids is 2. The Labute approximate surface area is 154 Å². The number of anilines is 2. The summed E-state index contributed by atoms with van der Waals surface area (Å²) in [6.45, 7) is 5.06. The zero-order valence-corrected chi connectivity index (χ0v) is 15.1. The van der Waals surface area contributed by atoms with E-state index in [1.165, 1.54) is 5.69 Å². The van der Waals surface area contributed by atoms with E-state index in [1.807, 2.05) is 30.0 Å². The van der Waals surface area contributed by atoms with Crippen molar-refractivity contribution >= 4 is 23.2 Å². The lowest BCUT2D eigenvalue weighted by molar-refractivity contribution is -0.116. The van der Waals surface area contributed by atoms with Crippen molar-refractivity contribution in [1.29, 1.82) is 0 Å². The summed E-state index contributed by atoms with van der Waals surface area (Å²) in [7, 11) is 0. The Morgan fingerprint density at radius 1 is 0.923 bits per heavy atom. The summed E-state index contributed by atoms with van der Waals surface area (Å²) < 4.78 is 0. The highest BCUT2D eigenvalue weighted by molar-refractivity contribution is 5.96. The monoisotopic (exact) mass is 351 g/mol. The molecular formula is C21H25N3O2. The molecule has 1 fully saturated rings. The van der Waals surface area contributed by atoms with E-state index in [4.69, 9.17) is 0 Å². The van der Waals surface area contributed by atoms with E-state index in [-0.39, 0.29) is 11.8 Å². The maximum atomic E-state index is 12.7. The van der Waals surface area contributed by atoms with Crippen LogP contribution in [-0.2, 0) is 4.79 Å². The average molecular weight is 351 g/mol. The molecule has 5 heteroatoms. The average Bonchev–Trinajstić information content (AvgIpc) is 2.69.